The van der Waals surface area contributed by atoms with E-state index in [2.05, 4.69) is 17.9 Å². The second-order valence-corrected chi connectivity index (χ2v) is 4.83. The fraction of sp³-hybridized carbons (Fsp3) is 0.235. The normalized spacial score (nSPS) is 14.4. The maximum atomic E-state index is 12.2. The molecule has 0 radical (unpaired) electrons. The van der Waals surface area contributed by atoms with Crippen molar-refractivity contribution in [3.63, 3.8) is 0 Å². The van der Waals surface area contributed by atoms with E-state index in [1.165, 1.54) is 6.08 Å². The van der Waals surface area contributed by atoms with E-state index >= 15 is 0 Å². The minimum Gasteiger partial charge on any atom is -0.458 e. The number of esters is 1. The summed E-state index contributed by atoms with van der Waals surface area (Å²) in [4.78, 5) is 11.2. The molecule has 0 saturated carbocycles. The number of hydrogen-bond donors (Lipinski definition) is 0. The van der Waals surface area contributed by atoms with Crippen molar-refractivity contribution in [1.29, 1.82) is 0 Å². The standard InChI is InChI=1S/C17H17F3O2/c1-4-16(3,14-9-6-5-7-10-14)11-8-12-22-15(21)13(2)17(18,19)20/h4-11H,1-2,12H2,3H3/b11-8+/t16-/m0/s1. The lowest BCUT2D eigenvalue weighted by atomic mass is 9.82. The van der Waals surface area contributed by atoms with Crippen molar-refractivity contribution in [1.82, 2.24) is 0 Å². The van der Waals surface area contributed by atoms with Crippen LogP contribution in [0.5, 0.6) is 0 Å². The molecule has 0 heterocycles. The van der Waals surface area contributed by atoms with Gasteiger partial charge in [-0.1, -0.05) is 55.1 Å². The maximum absolute atomic E-state index is 12.2. The monoisotopic (exact) mass is 310 g/mol. The highest BCUT2D eigenvalue weighted by atomic mass is 19.4. The first kappa shape index (κ1) is 17.8. The number of benzene rings is 1. The number of carbonyl (C=O) groups excluding carboxylic acids is 1. The van der Waals surface area contributed by atoms with Crippen molar-refractivity contribution in [2.75, 3.05) is 6.61 Å². The predicted molar refractivity (Wildman–Crippen MR) is 79.3 cm³/mol. The van der Waals surface area contributed by atoms with Crippen LogP contribution in [0.15, 0.2) is 67.3 Å². The fourth-order valence-electron chi connectivity index (χ4n) is 1.70. The van der Waals surface area contributed by atoms with E-state index in [0.717, 1.165) is 5.56 Å². The average Bonchev–Trinajstić information content (AvgIpc) is 2.50. The van der Waals surface area contributed by atoms with Crippen LogP contribution in [-0.2, 0) is 14.9 Å². The number of allylic oxidation sites excluding steroid dienone is 2. The molecular weight excluding hydrogens is 293 g/mol. The molecule has 0 aromatic heterocycles. The van der Waals surface area contributed by atoms with E-state index in [1.807, 2.05) is 37.3 Å². The van der Waals surface area contributed by atoms with Gasteiger partial charge in [0.05, 0.1) is 0 Å². The quantitative estimate of drug-likeness (QED) is 0.443. The zero-order valence-electron chi connectivity index (χ0n) is 12.2. The average molecular weight is 310 g/mol. The fourth-order valence-corrected chi connectivity index (χ4v) is 1.70. The second-order valence-electron chi connectivity index (χ2n) is 4.83. The summed E-state index contributed by atoms with van der Waals surface area (Å²) in [6.45, 7) is 8.06. The molecule has 22 heavy (non-hydrogen) atoms. The van der Waals surface area contributed by atoms with Gasteiger partial charge < -0.3 is 4.74 Å². The zero-order valence-corrected chi connectivity index (χ0v) is 12.2. The van der Waals surface area contributed by atoms with Crippen LogP contribution in [0.1, 0.15) is 12.5 Å². The molecule has 0 N–H and O–H groups in total. The molecule has 5 heteroatoms. The summed E-state index contributed by atoms with van der Waals surface area (Å²) in [7, 11) is 0. The molecule has 0 saturated heterocycles. The smallest absolute Gasteiger partial charge is 0.422 e. The molecule has 0 unspecified atom stereocenters. The van der Waals surface area contributed by atoms with Crippen LogP contribution in [-0.4, -0.2) is 18.8 Å². The van der Waals surface area contributed by atoms with Crippen LogP contribution < -0.4 is 0 Å². The lowest BCUT2D eigenvalue weighted by Crippen LogP contribution is -2.21. The molecule has 0 amide bonds. The van der Waals surface area contributed by atoms with Crippen molar-refractivity contribution >= 4 is 5.97 Å². The Morgan fingerprint density at radius 3 is 2.36 bits per heavy atom. The van der Waals surface area contributed by atoms with Crippen molar-refractivity contribution in [2.24, 2.45) is 0 Å². The number of alkyl halides is 3. The van der Waals surface area contributed by atoms with Gasteiger partial charge >= 0.3 is 12.1 Å². The van der Waals surface area contributed by atoms with Gasteiger partial charge in [0.15, 0.2) is 0 Å². The number of halogens is 3. The van der Waals surface area contributed by atoms with E-state index in [4.69, 9.17) is 0 Å². The highest BCUT2D eigenvalue weighted by Crippen LogP contribution is 2.27. The zero-order chi connectivity index (χ0) is 16.8. The van der Waals surface area contributed by atoms with Gasteiger partial charge in [0.1, 0.15) is 12.2 Å². The van der Waals surface area contributed by atoms with Crippen molar-refractivity contribution in [3.8, 4) is 0 Å². The number of carbonyl (C=O) groups is 1. The van der Waals surface area contributed by atoms with Gasteiger partial charge in [-0.3, -0.25) is 0 Å². The van der Waals surface area contributed by atoms with Crippen LogP contribution in [0.25, 0.3) is 0 Å². The molecule has 1 atom stereocenters. The van der Waals surface area contributed by atoms with E-state index < -0.39 is 23.1 Å². The minimum absolute atomic E-state index is 0.274. The largest absolute Gasteiger partial charge is 0.458 e. The van der Waals surface area contributed by atoms with E-state index in [-0.39, 0.29) is 6.61 Å². The SMILES string of the molecule is C=C[C@@](C)(/C=C/COC(=O)C(=C)C(F)(F)F)c1ccccc1. The maximum Gasteiger partial charge on any atom is 0.422 e. The topological polar surface area (TPSA) is 26.3 Å². The van der Waals surface area contributed by atoms with Gasteiger partial charge in [-0.2, -0.15) is 13.2 Å². The van der Waals surface area contributed by atoms with Crippen molar-refractivity contribution in [3.05, 3.63) is 72.9 Å². The molecule has 0 aliphatic heterocycles. The summed E-state index contributed by atoms with van der Waals surface area (Å²) in [5.41, 5.74) is -1.06. The summed E-state index contributed by atoms with van der Waals surface area (Å²) in [5.74, 6) is -1.47. The Labute approximate surface area is 127 Å². The van der Waals surface area contributed by atoms with Gasteiger partial charge in [-0.15, -0.1) is 6.58 Å². The lowest BCUT2D eigenvalue weighted by molar-refractivity contribution is -0.149. The van der Waals surface area contributed by atoms with Crippen LogP contribution >= 0.6 is 0 Å². The molecule has 1 aromatic rings. The third-order valence-electron chi connectivity index (χ3n) is 3.18. The Morgan fingerprint density at radius 1 is 1.27 bits per heavy atom. The third-order valence-corrected chi connectivity index (χ3v) is 3.18. The summed E-state index contributed by atoms with van der Waals surface area (Å²) in [5, 5.41) is 0. The van der Waals surface area contributed by atoms with Gasteiger partial charge in [0, 0.05) is 5.41 Å². The summed E-state index contributed by atoms with van der Waals surface area (Å²) < 4.78 is 41.3. The second kappa shape index (κ2) is 7.11. The molecule has 1 rings (SSSR count). The molecule has 0 aliphatic carbocycles. The van der Waals surface area contributed by atoms with E-state index in [9.17, 15) is 18.0 Å². The van der Waals surface area contributed by atoms with Gasteiger partial charge in [-0.05, 0) is 12.5 Å². The third kappa shape index (κ3) is 4.62. The Hall–Kier alpha value is -2.30. The Morgan fingerprint density at radius 2 is 1.86 bits per heavy atom. The van der Waals surface area contributed by atoms with Crippen LogP contribution in [0, 0.1) is 0 Å². The number of rotatable bonds is 6. The highest BCUT2D eigenvalue weighted by molar-refractivity contribution is 5.89. The van der Waals surface area contributed by atoms with Gasteiger partial charge in [0.25, 0.3) is 0 Å². The number of hydrogen-bond acceptors (Lipinski definition) is 2. The molecule has 0 spiro atoms. The van der Waals surface area contributed by atoms with Crippen LogP contribution in [0.3, 0.4) is 0 Å². The molecule has 1 aromatic carbocycles. The van der Waals surface area contributed by atoms with Gasteiger partial charge in [0.2, 0.25) is 0 Å². The minimum atomic E-state index is -4.78. The first-order valence-electron chi connectivity index (χ1n) is 6.51. The van der Waals surface area contributed by atoms with Crippen LogP contribution in [0.2, 0.25) is 0 Å². The van der Waals surface area contributed by atoms with Gasteiger partial charge in [-0.25, -0.2) is 4.79 Å². The molecule has 0 bridgehead atoms. The molecule has 0 aliphatic rings. The van der Waals surface area contributed by atoms with E-state index in [1.54, 1.807) is 12.2 Å². The lowest BCUT2D eigenvalue weighted by Gasteiger charge is -2.22. The molecule has 2 nitrogen and oxygen atoms in total. The number of ether oxygens (including phenoxy) is 1. The predicted octanol–water partition coefficient (Wildman–Crippen LogP) is 4.35. The Kier molecular flexibility index (Phi) is 5.74. The Balaban J connectivity index is 2.67. The van der Waals surface area contributed by atoms with E-state index in [0.29, 0.717) is 0 Å². The highest BCUT2D eigenvalue weighted by Gasteiger charge is 2.37. The first-order valence-corrected chi connectivity index (χ1v) is 6.51. The summed E-state index contributed by atoms with van der Waals surface area (Å²) >= 11 is 0. The van der Waals surface area contributed by atoms with Crippen molar-refractivity contribution in [2.45, 2.75) is 18.5 Å². The van der Waals surface area contributed by atoms with Crippen molar-refractivity contribution < 1.29 is 22.7 Å². The summed E-state index contributed by atoms with van der Waals surface area (Å²) in [6.07, 6.45) is 0.130. The van der Waals surface area contributed by atoms with Crippen LogP contribution in [0.4, 0.5) is 13.2 Å². The molecular formula is C17H17F3O2. The molecule has 118 valence electrons. The Bertz CT molecular complexity index is 573. The first-order chi connectivity index (χ1) is 10.2. The molecule has 0 fully saturated rings. The summed E-state index contributed by atoms with van der Waals surface area (Å²) in [6, 6.07) is 9.44.